The van der Waals surface area contributed by atoms with Gasteiger partial charge in [0.25, 0.3) is 10.1 Å². The van der Waals surface area contributed by atoms with Crippen molar-refractivity contribution in [2.45, 2.75) is 38.5 Å². The van der Waals surface area contributed by atoms with E-state index in [1.807, 2.05) is 4.90 Å². The maximum atomic E-state index is 12.4. The summed E-state index contributed by atoms with van der Waals surface area (Å²) in [5, 5.41) is 7.84. The van der Waals surface area contributed by atoms with Crippen LogP contribution in [0, 0.1) is 5.41 Å². The predicted octanol–water partition coefficient (Wildman–Crippen LogP) is -0.359. The summed E-state index contributed by atoms with van der Waals surface area (Å²) < 4.78 is 37.3. The van der Waals surface area contributed by atoms with E-state index in [0.29, 0.717) is 32.7 Å². The van der Waals surface area contributed by atoms with Crippen molar-refractivity contribution in [2.24, 2.45) is 5.73 Å². The molecule has 0 aromatic carbocycles. The number of hydrogen-bond donors (Lipinski definition) is 2. The van der Waals surface area contributed by atoms with Crippen LogP contribution in [0.15, 0.2) is 0 Å². The molecule has 0 bridgehead atoms. The Balaban J connectivity index is 1.86. The van der Waals surface area contributed by atoms with Gasteiger partial charge in [0.15, 0.2) is 0 Å². The van der Waals surface area contributed by atoms with Crippen molar-refractivity contribution in [3.8, 4) is 0 Å². The summed E-state index contributed by atoms with van der Waals surface area (Å²) in [6.07, 6.45) is -0.766. The first-order chi connectivity index (χ1) is 13.7. The van der Waals surface area contributed by atoms with Crippen LogP contribution in [0.4, 0.5) is 9.59 Å². The zero-order valence-electron chi connectivity index (χ0n) is 17.8. The minimum Gasteiger partial charge on any atom is -0.444 e. The molecule has 2 atom stereocenters. The monoisotopic (exact) mass is 449 g/mol. The largest absolute Gasteiger partial charge is 0.444 e. The Morgan fingerprint density at radius 2 is 1.93 bits per heavy atom. The highest BCUT2D eigenvalue weighted by Crippen LogP contribution is 2.17. The van der Waals surface area contributed by atoms with Gasteiger partial charge in [-0.3, -0.25) is 19.4 Å². The Kier molecular flexibility index (Phi) is 7.53. The summed E-state index contributed by atoms with van der Waals surface area (Å²) in [6, 6.07) is -0.616. The van der Waals surface area contributed by atoms with Crippen LogP contribution in [0.5, 0.6) is 0 Å². The molecule has 2 aliphatic rings. The van der Waals surface area contributed by atoms with Crippen molar-refractivity contribution in [2.75, 3.05) is 52.1 Å². The van der Waals surface area contributed by atoms with Crippen molar-refractivity contribution >= 4 is 28.1 Å². The van der Waals surface area contributed by atoms with Gasteiger partial charge < -0.3 is 20.1 Å². The lowest BCUT2D eigenvalue weighted by atomic mass is 10.1. The van der Waals surface area contributed by atoms with Crippen LogP contribution in [0.25, 0.3) is 0 Å². The number of piperazine rings is 1. The number of ether oxygens (including phenoxy) is 2. The molecule has 12 nitrogen and oxygen atoms in total. The molecule has 2 fully saturated rings. The van der Waals surface area contributed by atoms with E-state index >= 15 is 0 Å². The fourth-order valence-corrected chi connectivity index (χ4v) is 3.55. The van der Waals surface area contributed by atoms with Crippen molar-refractivity contribution in [3.63, 3.8) is 0 Å². The molecule has 172 valence electrons. The summed E-state index contributed by atoms with van der Waals surface area (Å²) in [6.45, 7) is 7.38. The standard InChI is InChI=1S/C17H31N5O7S/c1-17(2,3)29-16(24)22-8-6-20(10-13(22)14(18)19)5-7-21-9-12(28-15(21)23)11-27-30(4,25)26/h12-13H,5-11H2,1-4H3,(H3,18,19). The summed E-state index contributed by atoms with van der Waals surface area (Å²) >= 11 is 0. The first-order valence-electron chi connectivity index (χ1n) is 9.61. The van der Waals surface area contributed by atoms with Crippen LogP contribution >= 0.6 is 0 Å². The number of nitrogens with one attached hydrogen (secondary N) is 1. The molecule has 2 saturated heterocycles. The van der Waals surface area contributed by atoms with E-state index in [0.717, 1.165) is 6.26 Å². The number of amidine groups is 1. The third-order valence-electron chi connectivity index (χ3n) is 4.56. The maximum Gasteiger partial charge on any atom is 0.411 e. The summed E-state index contributed by atoms with van der Waals surface area (Å²) in [4.78, 5) is 29.3. The quantitative estimate of drug-likeness (QED) is 0.301. The molecule has 0 aromatic rings. The third kappa shape index (κ3) is 7.29. The lowest BCUT2D eigenvalue weighted by Crippen LogP contribution is -2.61. The first-order valence-corrected chi connectivity index (χ1v) is 11.4. The van der Waals surface area contributed by atoms with Crippen LogP contribution in [0.3, 0.4) is 0 Å². The zero-order chi connectivity index (χ0) is 22.7. The van der Waals surface area contributed by atoms with Crippen molar-refractivity contribution < 1.29 is 31.7 Å². The van der Waals surface area contributed by atoms with Crippen molar-refractivity contribution in [1.82, 2.24) is 14.7 Å². The highest BCUT2D eigenvalue weighted by Gasteiger charge is 2.36. The first kappa shape index (κ1) is 24.2. The van der Waals surface area contributed by atoms with Gasteiger partial charge in [-0.15, -0.1) is 0 Å². The number of amides is 2. The second-order valence-electron chi connectivity index (χ2n) is 8.39. The molecule has 3 N–H and O–H groups in total. The van der Waals surface area contributed by atoms with Crippen molar-refractivity contribution in [3.05, 3.63) is 0 Å². The van der Waals surface area contributed by atoms with Gasteiger partial charge in [0.1, 0.15) is 30.2 Å². The molecule has 0 aliphatic carbocycles. The second-order valence-corrected chi connectivity index (χ2v) is 10.0. The predicted molar refractivity (Wildman–Crippen MR) is 108 cm³/mol. The minimum atomic E-state index is -3.61. The lowest BCUT2D eigenvalue weighted by molar-refractivity contribution is 0.00719. The molecule has 2 amide bonds. The topological polar surface area (TPSA) is 156 Å². The van der Waals surface area contributed by atoms with E-state index in [1.54, 1.807) is 20.8 Å². The number of hydrogen-bond acceptors (Lipinski definition) is 9. The molecule has 2 rings (SSSR count). The molecule has 13 heteroatoms. The van der Waals surface area contributed by atoms with E-state index in [4.69, 9.17) is 20.6 Å². The van der Waals surface area contributed by atoms with E-state index in [9.17, 15) is 18.0 Å². The maximum absolute atomic E-state index is 12.4. The van der Waals surface area contributed by atoms with Crippen LogP contribution in [0.1, 0.15) is 20.8 Å². The van der Waals surface area contributed by atoms with E-state index in [1.165, 1.54) is 9.80 Å². The van der Waals surface area contributed by atoms with E-state index in [-0.39, 0.29) is 19.0 Å². The Morgan fingerprint density at radius 1 is 1.27 bits per heavy atom. The average molecular weight is 450 g/mol. The Bertz CT molecular complexity index is 767. The molecular formula is C17H31N5O7S. The third-order valence-corrected chi connectivity index (χ3v) is 5.12. The van der Waals surface area contributed by atoms with Gasteiger partial charge in [-0.1, -0.05) is 0 Å². The molecule has 0 radical (unpaired) electrons. The molecule has 2 unspecified atom stereocenters. The van der Waals surface area contributed by atoms with E-state index < -0.39 is 40.1 Å². The van der Waals surface area contributed by atoms with Crippen LogP contribution in [0.2, 0.25) is 0 Å². The SMILES string of the molecule is CC(C)(C)OC(=O)N1CCN(CCN2CC(COS(C)(=O)=O)OC2=O)CC1C(=N)N. The van der Waals surface area contributed by atoms with Crippen LogP contribution < -0.4 is 5.73 Å². The van der Waals surface area contributed by atoms with Gasteiger partial charge in [0, 0.05) is 32.7 Å². The summed E-state index contributed by atoms with van der Waals surface area (Å²) in [5.74, 6) is -0.135. The molecular weight excluding hydrogens is 418 g/mol. The number of cyclic esters (lactones) is 1. The second kappa shape index (κ2) is 9.35. The smallest absolute Gasteiger partial charge is 0.411 e. The normalized spacial score (nSPS) is 23.4. The number of carbonyl (C=O) groups is 2. The number of carbonyl (C=O) groups excluding carboxylic acids is 2. The zero-order valence-corrected chi connectivity index (χ0v) is 18.6. The van der Waals surface area contributed by atoms with Crippen LogP contribution in [-0.4, -0.2) is 111 Å². The Morgan fingerprint density at radius 3 is 2.50 bits per heavy atom. The van der Waals surface area contributed by atoms with Gasteiger partial charge in [-0.2, -0.15) is 8.42 Å². The highest BCUT2D eigenvalue weighted by molar-refractivity contribution is 7.85. The molecule has 0 spiro atoms. The minimum absolute atomic E-state index is 0.135. The fourth-order valence-electron chi connectivity index (χ4n) is 3.15. The number of nitrogens with zero attached hydrogens (tertiary/aromatic N) is 3. The molecule has 0 aromatic heterocycles. The lowest BCUT2D eigenvalue weighted by Gasteiger charge is -2.41. The van der Waals surface area contributed by atoms with E-state index in [2.05, 4.69) is 4.18 Å². The summed E-state index contributed by atoms with van der Waals surface area (Å²) in [7, 11) is -3.61. The van der Waals surface area contributed by atoms with Crippen molar-refractivity contribution in [1.29, 1.82) is 5.41 Å². The average Bonchev–Trinajstić information content (AvgIpc) is 2.95. The molecule has 2 aliphatic heterocycles. The van der Waals surface area contributed by atoms with Gasteiger partial charge >= 0.3 is 12.2 Å². The van der Waals surface area contributed by atoms with Gasteiger partial charge in [0.2, 0.25) is 0 Å². The Labute approximate surface area is 176 Å². The Hall–Kier alpha value is -2.12. The number of rotatable bonds is 7. The van der Waals surface area contributed by atoms with Crippen LogP contribution in [-0.2, 0) is 23.8 Å². The summed E-state index contributed by atoms with van der Waals surface area (Å²) in [5.41, 5.74) is 5.06. The molecule has 30 heavy (non-hydrogen) atoms. The fraction of sp³-hybridized carbons (Fsp3) is 0.824. The van der Waals surface area contributed by atoms with Gasteiger partial charge in [-0.05, 0) is 20.8 Å². The highest BCUT2D eigenvalue weighted by atomic mass is 32.2. The molecule has 0 saturated carbocycles. The number of nitrogens with two attached hydrogens (primary N) is 1. The van der Waals surface area contributed by atoms with Gasteiger partial charge in [0.05, 0.1) is 12.8 Å². The molecule has 2 heterocycles. The van der Waals surface area contributed by atoms with Gasteiger partial charge in [-0.25, -0.2) is 9.59 Å².